The van der Waals surface area contributed by atoms with E-state index < -0.39 is 0 Å². The Morgan fingerprint density at radius 2 is 1.74 bits per heavy atom. The molecule has 2 saturated heterocycles. The van der Waals surface area contributed by atoms with Crippen LogP contribution in [0.3, 0.4) is 0 Å². The van der Waals surface area contributed by atoms with Gasteiger partial charge in [-0.25, -0.2) is 0 Å². The summed E-state index contributed by atoms with van der Waals surface area (Å²) in [7, 11) is 4.60. The van der Waals surface area contributed by atoms with Gasteiger partial charge < -0.3 is 29.6 Å². The molecule has 8 nitrogen and oxygen atoms in total. The molecular formula is C26H35N3O5. The van der Waals surface area contributed by atoms with E-state index in [1.807, 2.05) is 29.2 Å². The van der Waals surface area contributed by atoms with Gasteiger partial charge in [0.2, 0.25) is 11.5 Å². The number of ether oxygens (including phenoxy) is 4. The molecule has 2 aliphatic rings. The van der Waals surface area contributed by atoms with E-state index in [-0.39, 0.29) is 11.9 Å². The van der Waals surface area contributed by atoms with Gasteiger partial charge in [-0.1, -0.05) is 12.1 Å². The molecule has 2 N–H and O–H groups in total. The van der Waals surface area contributed by atoms with Gasteiger partial charge in [0.05, 0.1) is 26.9 Å². The molecule has 2 fully saturated rings. The van der Waals surface area contributed by atoms with Crippen LogP contribution in [0, 0.1) is 0 Å². The molecule has 4 rings (SSSR count). The molecule has 0 spiro atoms. The molecule has 2 aromatic rings. The monoisotopic (exact) mass is 469 g/mol. The Kier molecular flexibility index (Phi) is 7.48. The maximum absolute atomic E-state index is 13.8. The number of nitrogens with two attached hydrogens (primary N) is 1. The van der Waals surface area contributed by atoms with Gasteiger partial charge in [0.15, 0.2) is 11.5 Å². The van der Waals surface area contributed by atoms with Crippen molar-refractivity contribution in [1.29, 1.82) is 0 Å². The molecule has 0 aliphatic carbocycles. The molecule has 2 atom stereocenters. The van der Waals surface area contributed by atoms with Gasteiger partial charge >= 0.3 is 0 Å². The van der Waals surface area contributed by atoms with E-state index in [0.717, 1.165) is 31.5 Å². The topological polar surface area (TPSA) is 86.5 Å². The highest BCUT2D eigenvalue weighted by molar-refractivity contribution is 5.99. The van der Waals surface area contributed by atoms with Crippen LogP contribution in [0.2, 0.25) is 0 Å². The van der Waals surface area contributed by atoms with Gasteiger partial charge in [0.25, 0.3) is 5.91 Å². The number of methoxy groups -OCH3 is 3. The van der Waals surface area contributed by atoms with E-state index in [2.05, 4.69) is 11.8 Å². The minimum atomic E-state index is -0.0972. The number of amides is 1. The lowest BCUT2D eigenvalue weighted by Crippen LogP contribution is -2.56. The summed E-state index contributed by atoms with van der Waals surface area (Å²) in [5.74, 6) is 1.96. The molecule has 2 aliphatic heterocycles. The lowest BCUT2D eigenvalue weighted by Gasteiger charge is -2.42. The van der Waals surface area contributed by atoms with Crippen molar-refractivity contribution in [2.75, 3.05) is 47.5 Å². The third-order valence-corrected chi connectivity index (χ3v) is 6.78. The molecule has 1 amide bonds. The van der Waals surface area contributed by atoms with Crippen molar-refractivity contribution in [3.63, 3.8) is 0 Å². The molecule has 0 saturated carbocycles. The molecule has 0 radical (unpaired) electrons. The van der Waals surface area contributed by atoms with E-state index in [4.69, 9.17) is 24.7 Å². The van der Waals surface area contributed by atoms with Crippen LogP contribution in [0.5, 0.6) is 28.7 Å². The van der Waals surface area contributed by atoms with E-state index in [9.17, 15) is 4.79 Å². The predicted molar refractivity (Wildman–Crippen MR) is 130 cm³/mol. The van der Waals surface area contributed by atoms with E-state index in [0.29, 0.717) is 53.4 Å². The Labute approximate surface area is 201 Å². The van der Waals surface area contributed by atoms with E-state index in [1.54, 1.807) is 6.07 Å². The largest absolute Gasteiger partial charge is 0.492 e. The first-order valence-corrected chi connectivity index (χ1v) is 11.9. The first-order valence-electron chi connectivity index (χ1n) is 11.9. The zero-order valence-corrected chi connectivity index (χ0v) is 20.5. The van der Waals surface area contributed by atoms with Crippen molar-refractivity contribution >= 4 is 5.91 Å². The molecule has 0 unspecified atom stereocenters. The Balaban J connectivity index is 1.70. The molecule has 0 bridgehead atoms. The number of hydrogen-bond acceptors (Lipinski definition) is 7. The number of carbonyl (C=O) groups is 1. The summed E-state index contributed by atoms with van der Waals surface area (Å²) in [5.41, 5.74) is 7.18. The van der Waals surface area contributed by atoms with Crippen LogP contribution < -0.4 is 24.7 Å². The van der Waals surface area contributed by atoms with Gasteiger partial charge in [-0.3, -0.25) is 9.69 Å². The van der Waals surface area contributed by atoms with Crippen molar-refractivity contribution in [1.82, 2.24) is 9.80 Å². The first-order chi connectivity index (χ1) is 16.5. The number of hydrogen-bond donors (Lipinski definition) is 1. The predicted octanol–water partition coefficient (Wildman–Crippen LogP) is 3.31. The number of rotatable bonds is 8. The van der Waals surface area contributed by atoms with Crippen LogP contribution in [0.1, 0.15) is 35.7 Å². The second-order valence-corrected chi connectivity index (χ2v) is 8.90. The molecule has 2 heterocycles. The summed E-state index contributed by atoms with van der Waals surface area (Å²) in [6.07, 6.45) is 3.10. The fourth-order valence-corrected chi connectivity index (χ4v) is 5.06. The van der Waals surface area contributed by atoms with Crippen LogP contribution >= 0.6 is 0 Å². The van der Waals surface area contributed by atoms with Crippen molar-refractivity contribution in [2.24, 2.45) is 5.73 Å². The number of nitrogens with zero attached hydrogens (tertiary/aromatic N) is 2. The van der Waals surface area contributed by atoms with Gasteiger partial charge in [-0.2, -0.15) is 0 Å². The molecule has 8 heteroatoms. The number of benzene rings is 2. The average molecular weight is 470 g/mol. The molecule has 0 aromatic heterocycles. The number of piperazine rings is 1. The summed E-state index contributed by atoms with van der Waals surface area (Å²) in [6, 6.07) is 9.92. The normalized spacial score (nSPS) is 20.1. The highest BCUT2D eigenvalue weighted by Crippen LogP contribution is 2.48. The Hall–Kier alpha value is -2.97. The molecular weight excluding hydrogens is 434 g/mol. The van der Waals surface area contributed by atoms with E-state index in [1.165, 1.54) is 27.8 Å². The molecule has 34 heavy (non-hydrogen) atoms. The summed E-state index contributed by atoms with van der Waals surface area (Å²) < 4.78 is 23.1. The highest BCUT2D eigenvalue weighted by Gasteiger charge is 2.38. The summed E-state index contributed by atoms with van der Waals surface area (Å²) in [6.45, 7) is 5.38. The van der Waals surface area contributed by atoms with Crippen molar-refractivity contribution in [3.05, 3.63) is 41.5 Å². The molecule has 184 valence electrons. The Morgan fingerprint density at radius 3 is 2.38 bits per heavy atom. The van der Waals surface area contributed by atoms with Crippen LogP contribution in [0.15, 0.2) is 30.3 Å². The third-order valence-electron chi connectivity index (χ3n) is 6.78. The summed E-state index contributed by atoms with van der Waals surface area (Å²) in [5, 5.41) is 0. The van der Waals surface area contributed by atoms with Crippen LogP contribution in [0.4, 0.5) is 0 Å². The third kappa shape index (κ3) is 4.65. The SMILES string of the molecule is COc1c(Oc2ccc(CCN)cc2)cc(C(=O)N2C[C@@H]3CCCN3C[C@H]2C)c(OC)c1OC. The van der Waals surface area contributed by atoms with Crippen molar-refractivity contribution in [3.8, 4) is 28.7 Å². The molecule has 2 aromatic carbocycles. The summed E-state index contributed by atoms with van der Waals surface area (Å²) >= 11 is 0. The fourth-order valence-electron chi connectivity index (χ4n) is 5.06. The Bertz CT molecular complexity index is 1010. The minimum Gasteiger partial charge on any atom is -0.492 e. The van der Waals surface area contributed by atoms with Crippen LogP contribution in [0.25, 0.3) is 0 Å². The lowest BCUT2D eigenvalue weighted by atomic mass is 10.0. The maximum Gasteiger partial charge on any atom is 0.258 e. The zero-order chi connectivity index (χ0) is 24.2. The van der Waals surface area contributed by atoms with Gasteiger partial charge in [-0.15, -0.1) is 0 Å². The zero-order valence-electron chi connectivity index (χ0n) is 20.5. The standard InChI is InChI=1S/C26H35N3O5/c1-17-15-28-13-5-6-19(28)16-29(17)26(30)21-14-22(24(32-3)25(33-4)23(21)31-2)34-20-9-7-18(8-10-20)11-12-27/h7-10,14,17,19H,5-6,11-13,15-16,27H2,1-4H3/t17-,19+/m1/s1. The number of fused-ring (bicyclic) bond motifs is 1. The second-order valence-electron chi connectivity index (χ2n) is 8.90. The van der Waals surface area contributed by atoms with Crippen LogP contribution in [-0.4, -0.2) is 75.3 Å². The quantitative estimate of drug-likeness (QED) is 0.635. The summed E-state index contributed by atoms with van der Waals surface area (Å²) in [4.78, 5) is 18.3. The average Bonchev–Trinajstić information content (AvgIpc) is 3.30. The Morgan fingerprint density at radius 1 is 1.03 bits per heavy atom. The van der Waals surface area contributed by atoms with Crippen molar-refractivity contribution in [2.45, 2.75) is 38.3 Å². The van der Waals surface area contributed by atoms with Gasteiger partial charge in [-0.05, 0) is 57.0 Å². The minimum absolute atomic E-state index is 0.0964. The first kappa shape index (κ1) is 24.2. The highest BCUT2D eigenvalue weighted by atomic mass is 16.5. The maximum atomic E-state index is 13.8. The van der Waals surface area contributed by atoms with Crippen LogP contribution in [-0.2, 0) is 6.42 Å². The lowest BCUT2D eigenvalue weighted by molar-refractivity contribution is 0.0392. The van der Waals surface area contributed by atoms with Gasteiger partial charge in [0, 0.05) is 31.2 Å². The smallest absolute Gasteiger partial charge is 0.258 e. The van der Waals surface area contributed by atoms with Crippen molar-refractivity contribution < 1.29 is 23.7 Å². The fraction of sp³-hybridized carbons (Fsp3) is 0.500. The van der Waals surface area contributed by atoms with Gasteiger partial charge in [0.1, 0.15) is 5.75 Å². The number of carbonyl (C=O) groups excluding carboxylic acids is 1. The van der Waals surface area contributed by atoms with E-state index >= 15 is 0 Å². The second kappa shape index (κ2) is 10.5.